The number of carbonyl (C=O) groups is 1. The number of amides is 1. The first-order valence-electron chi connectivity index (χ1n) is 8.63. The molecular weight excluding hydrogens is 392 g/mol. The van der Waals surface area contributed by atoms with Crippen molar-refractivity contribution in [2.24, 2.45) is 0 Å². The van der Waals surface area contributed by atoms with Crippen molar-refractivity contribution < 1.29 is 13.2 Å². The summed E-state index contributed by atoms with van der Waals surface area (Å²) in [6.45, 7) is 3.63. The Hall–Kier alpha value is -3.58. The standard InChI is InChI=1S/C19H18N6O3S/c1-13-3-8-17(9-18(13)25-14(2)22-23-24-25)21-19(26)12-29(27,28)11-16-6-4-15(10-20)5-7-16/h3-9H,11-12H2,1-2H3,(H,21,26). The molecule has 0 radical (unpaired) electrons. The highest BCUT2D eigenvalue weighted by Crippen LogP contribution is 2.19. The number of nitrogens with zero attached hydrogens (tertiary/aromatic N) is 5. The number of carbonyl (C=O) groups excluding carboxylic acids is 1. The quantitative estimate of drug-likeness (QED) is 0.654. The van der Waals surface area contributed by atoms with Gasteiger partial charge in [-0.05, 0) is 59.7 Å². The van der Waals surface area contributed by atoms with Gasteiger partial charge in [-0.2, -0.15) is 9.94 Å². The van der Waals surface area contributed by atoms with Gasteiger partial charge in [0.2, 0.25) is 5.91 Å². The van der Waals surface area contributed by atoms with Crippen LogP contribution in [0.4, 0.5) is 5.69 Å². The zero-order chi connectivity index (χ0) is 21.0. The molecule has 1 amide bonds. The summed E-state index contributed by atoms with van der Waals surface area (Å²) in [5, 5.41) is 22.8. The second kappa shape index (κ2) is 8.20. The van der Waals surface area contributed by atoms with E-state index in [1.165, 1.54) is 4.68 Å². The molecule has 0 aliphatic heterocycles. The molecule has 0 aliphatic rings. The Bertz CT molecular complexity index is 1190. The molecule has 0 bridgehead atoms. The summed E-state index contributed by atoms with van der Waals surface area (Å²) >= 11 is 0. The molecule has 3 aromatic rings. The number of rotatable bonds is 6. The SMILES string of the molecule is Cc1ccc(NC(=O)CS(=O)(=O)Cc2ccc(C#N)cc2)cc1-n1nnnc1C. The number of hydrogen-bond acceptors (Lipinski definition) is 7. The van der Waals surface area contributed by atoms with Gasteiger partial charge in [-0.3, -0.25) is 4.79 Å². The number of hydrogen-bond donors (Lipinski definition) is 1. The van der Waals surface area contributed by atoms with Crippen LogP contribution in [0.15, 0.2) is 42.5 Å². The van der Waals surface area contributed by atoms with E-state index in [9.17, 15) is 13.2 Å². The van der Waals surface area contributed by atoms with Crippen LogP contribution < -0.4 is 5.32 Å². The van der Waals surface area contributed by atoms with E-state index in [-0.39, 0.29) is 5.75 Å². The van der Waals surface area contributed by atoms with Gasteiger partial charge in [0.15, 0.2) is 15.7 Å². The van der Waals surface area contributed by atoms with Crippen LogP contribution in [-0.2, 0) is 20.4 Å². The molecule has 10 heteroatoms. The van der Waals surface area contributed by atoms with E-state index in [1.807, 2.05) is 13.0 Å². The molecule has 3 rings (SSSR count). The first-order chi connectivity index (χ1) is 13.8. The van der Waals surface area contributed by atoms with Crippen LogP contribution in [0, 0.1) is 25.2 Å². The van der Waals surface area contributed by atoms with Crippen molar-refractivity contribution in [2.75, 3.05) is 11.1 Å². The summed E-state index contributed by atoms with van der Waals surface area (Å²) in [7, 11) is -3.67. The number of nitrogens with one attached hydrogen (secondary N) is 1. The molecule has 1 aromatic heterocycles. The number of sulfone groups is 1. The molecule has 0 unspecified atom stereocenters. The molecule has 0 aliphatic carbocycles. The fourth-order valence-electron chi connectivity index (χ4n) is 2.75. The lowest BCUT2D eigenvalue weighted by Gasteiger charge is -2.11. The lowest BCUT2D eigenvalue weighted by Crippen LogP contribution is -2.24. The van der Waals surface area contributed by atoms with Gasteiger partial charge in [-0.1, -0.05) is 18.2 Å². The second-order valence-electron chi connectivity index (χ2n) is 6.53. The minimum absolute atomic E-state index is 0.283. The maximum Gasteiger partial charge on any atom is 0.239 e. The highest BCUT2D eigenvalue weighted by Gasteiger charge is 2.18. The van der Waals surface area contributed by atoms with Crippen LogP contribution in [0.1, 0.15) is 22.5 Å². The van der Waals surface area contributed by atoms with Crippen molar-refractivity contribution in [2.45, 2.75) is 19.6 Å². The van der Waals surface area contributed by atoms with Gasteiger partial charge >= 0.3 is 0 Å². The van der Waals surface area contributed by atoms with Crippen molar-refractivity contribution in [1.29, 1.82) is 5.26 Å². The van der Waals surface area contributed by atoms with Crippen LogP contribution in [0.25, 0.3) is 5.69 Å². The van der Waals surface area contributed by atoms with Crippen LogP contribution in [0.5, 0.6) is 0 Å². The summed E-state index contributed by atoms with van der Waals surface area (Å²) in [6, 6.07) is 13.3. The highest BCUT2D eigenvalue weighted by molar-refractivity contribution is 7.91. The van der Waals surface area contributed by atoms with E-state index >= 15 is 0 Å². The zero-order valence-electron chi connectivity index (χ0n) is 15.8. The molecule has 0 atom stereocenters. The molecule has 1 N–H and O–H groups in total. The molecule has 0 fully saturated rings. The molecule has 29 heavy (non-hydrogen) atoms. The maximum atomic E-state index is 12.4. The molecular formula is C19H18N6O3S. The molecule has 0 spiro atoms. The first-order valence-corrected chi connectivity index (χ1v) is 10.4. The van der Waals surface area contributed by atoms with E-state index in [0.29, 0.717) is 28.3 Å². The second-order valence-corrected chi connectivity index (χ2v) is 8.59. The first kappa shape index (κ1) is 20.2. The lowest BCUT2D eigenvalue weighted by molar-refractivity contribution is -0.113. The number of aryl methyl sites for hydroxylation is 2. The minimum atomic E-state index is -3.67. The Balaban J connectivity index is 1.70. The van der Waals surface area contributed by atoms with Crippen molar-refractivity contribution in [3.8, 4) is 11.8 Å². The van der Waals surface area contributed by atoms with Crippen molar-refractivity contribution in [3.05, 3.63) is 65.0 Å². The van der Waals surface area contributed by atoms with E-state index in [1.54, 1.807) is 49.4 Å². The average molecular weight is 410 g/mol. The third-order valence-electron chi connectivity index (χ3n) is 4.17. The van der Waals surface area contributed by atoms with Crippen LogP contribution in [-0.4, -0.2) is 40.3 Å². The van der Waals surface area contributed by atoms with Gasteiger partial charge in [-0.15, -0.1) is 5.10 Å². The Kier molecular flexibility index (Phi) is 5.70. The largest absolute Gasteiger partial charge is 0.325 e. The molecule has 1 heterocycles. The summed E-state index contributed by atoms with van der Waals surface area (Å²) in [6.07, 6.45) is 0. The average Bonchev–Trinajstić information content (AvgIpc) is 3.09. The smallest absolute Gasteiger partial charge is 0.239 e. The van der Waals surface area contributed by atoms with E-state index in [0.717, 1.165) is 5.56 Å². The summed E-state index contributed by atoms with van der Waals surface area (Å²) in [5.74, 6) is -0.988. The van der Waals surface area contributed by atoms with Gasteiger partial charge in [0, 0.05) is 5.69 Å². The van der Waals surface area contributed by atoms with Crippen molar-refractivity contribution >= 4 is 21.4 Å². The predicted octanol–water partition coefficient (Wildman–Crippen LogP) is 1.70. The number of benzene rings is 2. The van der Waals surface area contributed by atoms with Gasteiger partial charge < -0.3 is 5.32 Å². The van der Waals surface area contributed by atoms with Crippen molar-refractivity contribution in [3.63, 3.8) is 0 Å². The number of anilines is 1. The number of nitriles is 1. The lowest BCUT2D eigenvalue weighted by atomic mass is 10.2. The molecule has 148 valence electrons. The third-order valence-corrected chi connectivity index (χ3v) is 5.64. The third kappa shape index (κ3) is 5.03. The Labute approximate surface area is 167 Å². The van der Waals surface area contributed by atoms with Gasteiger partial charge in [0.25, 0.3) is 0 Å². The van der Waals surface area contributed by atoms with Crippen LogP contribution in [0.2, 0.25) is 0 Å². The Morgan fingerprint density at radius 3 is 2.52 bits per heavy atom. The van der Waals surface area contributed by atoms with E-state index in [2.05, 4.69) is 20.8 Å². The number of tetrazole rings is 1. The highest BCUT2D eigenvalue weighted by atomic mass is 32.2. The normalized spacial score (nSPS) is 11.1. The topological polar surface area (TPSA) is 131 Å². The summed E-state index contributed by atoms with van der Waals surface area (Å²) < 4.78 is 26.2. The minimum Gasteiger partial charge on any atom is -0.325 e. The monoisotopic (exact) mass is 410 g/mol. The Morgan fingerprint density at radius 1 is 1.17 bits per heavy atom. The van der Waals surface area contributed by atoms with Gasteiger partial charge in [0.1, 0.15) is 5.75 Å². The Morgan fingerprint density at radius 2 is 1.90 bits per heavy atom. The van der Waals surface area contributed by atoms with Crippen molar-refractivity contribution in [1.82, 2.24) is 20.2 Å². The molecule has 2 aromatic carbocycles. The number of aromatic nitrogens is 4. The zero-order valence-corrected chi connectivity index (χ0v) is 16.6. The van der Waals surface area contributed by atoms with Crippen LogP contribution >= 0.6 is 0 Å². The van der Waals surface area contributed by atoms with E-state index < -0.39 is 21.5 Å². The predicted molar refractivity (Wildman–Crippen MR) is 106 cm³/mol. The van der Waals surface area contributed by atoms with Gasteiger partial charge in [0.05, 0.1) is 23.1 Å². The fraction of sp³-hybridized carbons (Fsp3) is 0.211. The summed E-state index contributed by atoms with van der Waals surface area (Å²) in [4.78, 5) is 12.3. The molecule has 0 saturated heterocycles. The maximum absolute atomic E-state index is 12.4. The molecule has 0 saturated carbocycles. The van der Waals surface area contributed by atoms with Crippen LogP contribution in [0.3, 0.4) is 0 Å². The molecule has 9 nitrogen and oxygen atoms in total. The van der Waals surface area contributed by atoms with Gasteiger partial charge in [-0.25, -0.2) is 8.42 Å². The van der Waals surface area contributed by atoms with E-state index in [4.69, 9.17) is 5.26 Å². The summed E-state index contributed by atoms with van der Waals surface area (Å²) in [5.41, 5.74) is 2.98. The fourth-order valence-corrected chi connectivity index (χ4v) is 4.02.